The summed E-state index contributed by atoms with van der Waals surface area (Å²) < 4.78 is 12.5. The molecule has 9 heteroatoms. The number of hydrogen-bond acceptors (Lipinski definition) is 6. The number of fused-ring (bicyclic) bond motifs is 2. The Kier molecular flexibility index (Phi) is 5.45. The van der Waals surface area contributed by atoms with E-state index in [2.05, 4.69) is 5.10 Å². The number of hydrogen-bond donors (Lipinski definition) is 1. The smallest absolute Gasteiger partial charge is 0.275 e. The predicted molar refractivity (Wildman–Crippen MR) is 120 cm³/mol. The average molecular weight is 448 g/mol. The van der Waals surface area contributed by atoms with Gasteiger partial charge in [-0.3, -0.25) is 14.4 Å². The van der Waals surface area contributed by atoms with Gasteiger partial charge in [0.15, 0.2) is 17.2 Å². The summed E-state index contributed by atoms with van der Waals surface area (Å²) in [5.41, 5.74) is 5.98. The first-order valence-corrected chi connectivity index (χ1v) is 11.0. The molecule has 9 nitrogen and oxygen atoms in total. The van der Waals surface area contributed by atoms with E-state index < -0.39 is 11.5 Å². The van der Waals surface area contributed by atoms with E-state index >= 15 is 0 Å². The van der Waals surface area contributed by atoms with Crippen molar-refractivity contribution < 1.29 is 19.1 Å². The zero-order valence-corrected chi connectivity index (χ0v) is 18.0. The third-order valence-corrected chi connectivity index (χ3v) is 6.12. The summed E-state index contributed by atoms with van der Waals surface area (Å²) in [5.74, 6) is 0.393. The van der Waals surface area contributed by atoms with Crippen LogP contribution in [0.15, 0.2) is 47.3 Å². The molecule has 2 aliphatic heterocycles. The summed E-state index contributed by atoms with van der Waals surface area (Å²) in [6.45, 7) is 1.50. The fraction of sp³-hybridized carbons (Fsp3) is 0.333. The number of rotatable bonds is 4. The van der Waals surface area contributed by atoms with Gasteiger partial charge in [-0.1, -0.05) is 24.3 Å². The largest absolute Gasteiger partial charge is 0.490 e. The van der Waals surface area contributed by atoms with Crippen LogP contribution in [0.2, 0.25) is 0 Å². The van der Waals surface area contributed by atoms with Gasteiger partial charge in [-0.15, -0.1) is 0 Å². The van der Waals surface area contributed by atoms with Crippen molar-refractivity contribution in [1.29, 1.82) is 0 Å². The van der Waals surface area contributed by atoms with Crippen molar-refractivity contribution in [3.63, 3.8) is 0 Å². The number of carbonyl (C=O) groups is 2. The maximum absolute atomic E-state index is 13.3. The van der Waals surface area contributed by atoms with Gasteiger partial charge in [0, 0.05) is 18.4 Å². The fourth-order valence-corrected chi connectivity index (χ4v) is 4.54. The van der Waals surface area contributed by atoms with E-state index in [-0.39, 0.29) is 24.2 Å². The zero-order chi connectivity index (χ0) is 22.9. The van der Waals surface area contributed by atoms with Crippen molar-refractivity contribution in [3.8, 4) is 11.5 Å². The first kappa shape index (κ1) is 21.0. The van der Waals surface area contributed by atoms with Crippen LogP contribution in [0, 0.1) is 0 Å². The summed E-state index contributed by atoms with van der Waals surface area (Å²) >= 11 is 0. The van der Waals surface area contributed by atoms with Crippen molar-refractivity contribution in [2.75, 3.05) is 19.8 Å². The molecule has 33 heavy (non-hydrogen) atoms. The van der Waals surface area contributed by atoms with E-state index in [1.54, 1.807) is 29.2 Å². The predicted octanol–water partition coefficient (Wildman–Crippen LogP) is 2.02. The second-order valence-corrected chi connectivity index (χ2v) is 8.22. The van der Waals surface area contributed by atoms with Gasteiger partial charge in [0.05, 0.1) is 24.6 Å². The molecule has 0 aliphatic carbocycles. The summed E-state index contributed by atoms with van der Waals surface area (Å²) in [7, 11) is 0. The molecule has 2 N–H and O–H groups in total. The fourth-order valence-electron chi connectivity index (χ4n) is 4.54. The lowest BCUT2D eigenvalue weighted by Gasteiger charge is -2.26. The minimum atomic E-state index is -0.751. The Balaban J connectivity index is 1.44. The molecule has 3 aromatic rings. The van der Waals surface area contributed by atoms with E-state index in [0.29, 0.717) is 42.0 Å². The van der Waals surface area contributed by atoms with Gasteiger partial charge < -0.3 is 20.1 Å². The van der Waals surface area contributed by atoms with Crippen LogP contribution in [0.4, 0.5) is 0 Å². The molecule has 0 radical (unpaired) electrons. The zero-order valence-electron chi connectivity index (χ0n) is 18.0. The lowest BCUT2D eigenvalue weighted by atomic mass is 10.0. The number of amides is 2. The third-order valence-electron chi connectivity index (χ3n) is 6.12. The topological polar surface area (TPSA) is 117 Å². The molecule has 0 spiro atoms. The number of nitrogens with two attached hydrogens (primary N) is 1. The summed E-state index contributed by atoms with van der Waals surface area (Å²) in [6.07, 6.45) is 2.47. The molecule has 0 unspecified atom stereocenters. The molecular weight excluding hydrogens is 424 g/mol. The van der Waals surface area contributed by atoms with Crippen molar-refractivity contribution in [2.45, 2.75) is 31.8 Å². The Bertz CT molecular complexity index is 1300. The van der Waals surface area contributed by atoms with Crippen molar-refractivity contribution in [1.82, 2.24) is 14.7 Å². The highest BCUT2D eigenvalue weighted by Gasteiger charge is 2.31. The molecule has 1 aromatic heterocycles. The van der Waals surface area contributed by atoms with Crippen LogP contribution >= 0.6 is 0 Å². The van der Waals surface area contributed by atoms with Crippen molar-refractivity contribution in [3.05, 3.63) is 64.1 Å². The molecule has 1 saturated heterocycles. The second kappa shape index (κ2) is 8.57. The molecule has 1 atom stereocenters. The van der Waals surface area contributed by atoms with E-state index in [1.165, 1.54) is 0 Å². The minimum absolute atomic E-state index is 0.0288. The highest BCUT2D eigenvalue weighted by atomic mass is 16.5. The van der Waals surface area contributed by atoms with Gasteiger partial charge in [0.1, 0.15) is 6.54 Å². The molecule has 2 aliphatic rings. The minimum Gasteiger partial charge on any atom is -0.490 e. The molecule has 5 rings (SSSR count). The maximum Gasteiger partial charge on any atom is 0.275 e. The summed E-state index contributed by atoms with van der Waals surface area (Å²) in [4.78, 5) is 39.9. The maximum atomic E-state index is 13.3. The van der Waals surface area contributed by atoms with Crippen LogP contribution < -0.4 is 20.8 Å². The molecule has 0 bridgehead atoms. The van der Waals surface area contributed by atoms with E-state index in [1.807, 2.05) is 18.2 Å². The van der Waals surface area contributed by atoms with E-state index in [9.17, 15) is 14.4 Å². The van der Waals surface area contributed by atoms with Crippen LogP contribution in [-0.4, -0.2) is 46.3 Å². The Morgan fingerprint density at radius 3 is 2.58 bits per heavy atom. The average Bonchev–Trinajstić information content (AvgIpc) is 3.19. The quantitative estimate of drug-likeness (QED) is 0.653. The van der Waals surface area contributed by atoms with Gasteiger partial charge >= 0.3 is 0 Å². The lowest BCUT2D eigenvalue weighted by Crippen LogP contribution is -2.38. The first-order chi connectivity index (χ1) is 16.0. The van der Waals surface area contributed by atoms with Crippen LogP contribution in [-0.2, 0) is 11.3 Å². The van der Waals surface area contributed by atoms with E-state index in [4.69, 9.17) is 15.2 Å². The standard InChI is InChI=1S/C24H24N4O5/c25-23(30)22-16-5-1-2-6-17(16)24(31)28(26-22)14-21(29)27-10-3-7-18(27)15-8-9-19-20(13-15)33-12-4-11-32-19/h1-2,5-6,8-9,13,18H,3-4,7,10-12,14H2,(H2,25,30)/t18-/m0/s1. The Hall–Kier alpha value is -3.88. The van der Waals surface area contributed by atoms with Crippen molar-refractivity contribution >= 4 is 22.6 Å². The Labute approximate surface area is 189 Å². The normalized spacial score (nSPS) is 17.7. The van der Waals surface area contributed by atoms with Crippen molar-refractivity contribution in [2.24, 2.45) is 5.73 Å². The highest BCUT2D eigenvalue weighted by molar-refractivity contribution is 6.04. The third kappa shape index (κ3) is 3.90. The van der Waals surface area contributed by atoms with Crippen LogP contribution in [0.1, 0.15) is 41.4 Å². The van der Waals surface area contributed by atoms with Crippen LogP contribution in [0.3, 0.4) is 0 Å². The van der Waals surface area contributed by atoms with Crippen LogP contribution in [0.25, 0.3) is 10.8 Å². The monoisotopic (exact) mass is 448 g/mol. The number of carbonyl (C=O) groups excluding carboxylic acids is 2. The Morgan fingerprint density at radius 2 is 1.79 bits per heavy atom. The molecule has 0 saturated carbocycles. The van der Waals surface area contributed by atoms with Gasteiger partial charge in [0.2, 0.25) is 5.91 Å². The number of aromatic nitrogens is 2. The van der Waals surface area contributed by atoms with Gasteiger partial charge in [0.25, 0.3) is 11.5 Å². The van der Waals surface area contributed by atoms with Crippen LogP contribution in [0.5, 0.6) is 11.5 Å². The number of primary amides is 1. The SMILES string of the molecule is NC(=O)c1nn(CC(=O)N2CCC[C@H]2c2ccc3c(c2)OCCCO3)c(=O)c2ccccc12. The summed E-state index contributed by atoms with van der Waals surface area (Å²) in [5, 5.41) is 4.80. The molecular formula is C24H24N4O5. The molecule has 1 fully saturated rings. The number of likely N-dealkylation sites (tertiary alicyclic amines) is 1. The Morgan fingerprint density at radius 1 is 1.03 bits per heavy atom. The highest BCUT2D eigenvalue weighted by Crippen LogP contribution is 2.38. The second-order valence-electron chi connectivity index (χ2n) is 8.22. The molecule has 170 valence electrons. The number of ether oxygens (including phenoxy) is 2. The summed E-state index contributed by atoms with van der Waals surface area (Å²) in [6, 6.07) is 12.3. The van der Waals surface area contributed by atoms with E-state index in [0.717, 1.165) is 29.5 Å². The lowest BCUT2D eigenvalue weighted by molar-refractivity contribution is -0.133. The molecule has 2 amide bonds. The van der Waals surface area contributed by atoms with Gasteiger partial charge in [-0.25, -0.2) is 4.68 Å². The molecule has 3 heterocycles. The first-order valence-electron chi connectivity index (χ1n) is 11.0. The number of benzene rings is 2. The van der Waals surface area contributed by atoms with Gasteiger partial charge in [-0.2, -0.15) is 5.10 Å². The number of nitrogens with zero attached hydrogens (tertiary/aromatic N) is 3. The van der Waals surface area contributed by atoms with Gasteiger partial charge in [-0.05, 0) is 36.6 Å². The molecule has 2 aromatic carbocycles.